The first-order valence-corrected chi connectivity index (χ1v) is 6.74. The second-order valence-electron chi connectivity index (χ2n) is 4.23. The third-order valence-corrected chi connectivity index (χ3v) is 3.36. The molecule has 1 aromatic heterocycles. The molecule has 0 amide bonds. The van der Waals surface area contributed by atoms with Crippen molar-refractivity contribution in [1.82, 2.24) is 14.9 Å². The molecule has 0 aliphatic heterocycles. The average Bonchev–Trinajstić information content (AvgIpc) is 2.85. The highest BCUT2D eigenvalue weighted by Crippen LogP contribution is 2.28. The molecule has 1 aromatic carbocycles. The van der Waals surface area contributed by atoms with Crippen LogP contribution >= 0.6 is 11.6 Å². The number of aryl methyl sites for hydroxylation is 1. The highest BCUT2D eigenvalue weighted by molar-refractivity contribution is 6.31. The molecule has 1 unspecified atom stereocenters. The van der Waals surface area contributed by atoms with Crippen LogP contribution in [0.5, 0.6) is 0 Å². The molecule has 0 radical (unpaired) electrons. The van der Waals surface area contributed by atoms with Crippen LogP contribution < -0.4 is 5.32 Å². The van der Waals surface area contributed by atoms with Gasteiger partial charge in [0.15, 0.2) is 0 Å². The topological polar surface area (TPSA) is 29.9 Å². The van der Waals surface area contributed by atoms with E-state index in [9.17, 15) is 4.39 Å². The van der Waals surface area contributed by atoms with Gasteiger partial charge in [0.1, 0.15) is 11.6 Å². The quantitative estimate of drug-likeness (QED) is 0.910. The van der Waals surface area contributed by atoms with E-state index in [4.69, 9.17) is 11.6 Å². The number of aromatic nitrogens is 2. The molecule has 1 heterocycles. The lowest BCUT2D eigenvalue weighted by Gasteiger charge is -2.20. The fourth-order valence-electron chi connectivity index (χ4n) is 2.13. The van der Waals surface area contributed by atoms with Crippen molar-refractivity contribution >= 4 is 11.6 Å². The Morgan fingerprint density at radius 3 is 2.84 bits per heavy atom. The summed E-state index contributed by atoms with van der Waals surface area (Å²) in [5.74, 6) is 0.556. The Morgan fingerprint density at radius 2 is 2.21 bits per heavy atom. The van der Waals surface area contributed by atoms with Crippen molar-refractivity contribution in [1.29, 1.82) is 0 Å². The van der Waals surface area contributed by atoms with E-state index in [1.165, 1.54) is 12.1 Å². The van der Waals surface area contributed by atoms with E-state index in [0.717, 1.165) is 24.5 Å². The van der Waals surface area contributed by atoms with Gasteiger partial charge in [-0.15, -0.1) is 0 Å². The zero-order valence-electron chi connectivity index (χ0n) is 11.0. The summed E-state index contributed by atoms with van der Waals surface area (Å²) in [6.45, 7) is 5.68. The van der Waals surface area contributed by atoms with E-state index in [1.54, 1.807) is 12.3 Å². The van der Waals surface area contributed by atoms with Crippen LogP contribution in [0.2, 0.25) is 5.02 Å². The normalized spacial score (nSPS) is 12.6. The van der Waals surface area contributed by atoms with E-state index < -0.39 is 0 Å². The lowest BCUT2D eigenvalue weighted by atomic mass is 10.1. The van der Waals surface area contributed by atoms with Crippen molar-refractivity contribution in [3.05, 3.63) is 52.8 Å². The zero-order chi connectivity index (χ0) is 13.8. The molecule has 0 saturated heterocycles. The van der Waals surface area contributed by atoms with E-state index >= 15 is 0 Å². The van der Waals surface area contributed by atoms with Crippen LogP contribution in [0, 0.1) is 5.82 Å². The fourth-order valence-corrected chi connectivity index (χ4v) is 2.40. The number of nitrogens with zero attached hydrogens (tertiary/aromatic N) is 2. The summed E-state index contributed by atoms with van der Waals surface area (Å²) in [6.07, 6.45) is 3.69. The van der Waals surface area contributed by atoms with Gasteiger partial charge in [-0.2, -0.15) is 0 Å². The number of halogens is 2. The fraction of sp³-hybridized carbons (Fsp3) is 0.357. The maximum Gasteiger partial charge on any atom is 0.130 e. The predicted molar refractivity (Wildman–Crippen MR) is 74.8 cm³/mol. The van der Waals surface area contributed by atoms with Gasteiger partial charge in [0, 0.05) is 24.0 Å². The molecule has 102 valence electrons. The van der Waals surface area contributed by atoms with Crippen LogP contribution in [-0.2, 0) is 6.54 Å². The third-order valence-electron chi connectivity index (χ3n) is 3.03. The minimum absolute atomic E-state index is 0.131. The van der Waals surface area contributed by atoms with E-state index in [1.807, 2.05) is 17.7 Å². The summed E-state index contributed by atoms with van der Waals surface area (Å²) in [4.78, 5) is 4.39. The molecule has 5 heteroatoms. The Hall–Kier alpha value is -1.39. The van der Waals surface area contributed by atoms with Crippen molar-refractivity contribution in [3.63, 3.8) is 0 Å². The Kier molecular flexibility index (Phi) is 4.56. The molecule has 0 bridgehead atoms. The van der Waals surface area contributed by atoms with Gasteiger partial charge in [-0.1, -0.05) is 24.6 Å². The van der Waals surface area contributed by atoms with Crippen LogP contribution in [0.4, 0.5) is 4.39 Å². The molecule has 3 nitrogen and oxygen atoms in total. The van der Waals surface area contributed by atoms with Crippen LogP contribution in [0.25, 0.3) is 0 Å². The second-order valence-corrected chi connectivity index (χ2v) is 4.64. The summed E-state index contributed by atoms with van der Waals surface area (Å²) in [6, 6.07) is 4.33. The number of nitrogens with one attached hydrogen (secondary N) is 1. The molecule has 0 aliphatic carbocycles. The Labute approximate surface area is 117 Å². The van der Waals surface area contributed by atoms with Crippen molar-refractivity contribution < 1.29 is 4.39 Å². The van der Waals surface area contributed by atoms with Crippen molar-refractivity contribution in [2.24, 2.45) is 0 Å². The summed E-state index contributed by atoms with van der Waals surface area (Å²) >= 11 is 6.16. The first-order chi connectivity index (χ1) is 9.17. The molecule has 19 heavy (non-hydrogen) atoms. The number of benzene rings is 1. The third kappa shape index (κ3) is 2.96. The monoisotopic (exact) mass is 281 g/mol. The number of rotatable bonds is 5. The highest BCUT2D eigenvalue weighted by Gasteiger charge is 2.20. The summed E-state index contributed by atoms with van der Waals surface area (Å²) in [5.41, 5.74) is 0.839. The van der Waals surface area contributed by atoms with Gasteiger partial charge < -0.3 is 9.88 Å². The first-order valence-electron chi connectivity index (χ1n) is 6.36. The van der Waals surface area contributed by atoms with Crippen LogP contribution in [-0.4, -0.2) is 16.1 Å². The van der Waals surface area contributed by atoms with Crippen LogP contribution in [0.3, 0.4) is 0 Å². The summed E-state index contributed by atoms with van der Waals surface area (Å²) in [7, 11) is 0. The smallest absolute Gasteiger partial charge is 0.130 e. The predicted octanol–water partition coefficient (Wildman–Crippen LogP) is 3.39. The maximum absolute atomic E-state index is 13.2. The number of hydrogen-bond acceptors (Lipinski definition) is 2. The van der Waals surface area contributed by atoms with E-state index in [0.29, 0.717) is 5.02 Å². The minimum atomic E-state index is -0.331. The largest absolute Gasteiger partial charge is 0.334 e. The lowest BCUT2D eigenvalue weighted by Crippen LogP contribution is -2.25. The summed E-state index contributed by atoms with van der Waals surface area (Å²) < 4.78 is 15.2. The second kappa shape index (κ2) is 6.17. The van der Waals surface area contributed by atoms with Gasteiger partial charge >= 0.3 is 0 Å². The Balaban J connectivity index is 2.45. The molecular weight excluding hydrogens is 265 g/mol. The van der Waals surface area contributed by atoms with Gasteiger partial charge in [0.2, 0.25) is 0 Å². The first kappa shape index (κ1) is 14.0. The maximum atomic E-state index is 13.2. The number of imidazole rings is 1. The average molecular weight is 282 g/mol. The van der Waals surface area contributed by atoms with Crippen molar-refractivity contribution in [2.75, 3.05) is 6.54 Å². The number of hydrogen-bond donors (Lipinski definition) is 1. The SMILES string of the molecule is CCNC(c1ccc(F)cc1Cl)c1nccn1CC. The van der Waals surface area contributed by atoms with Gasteiger partial charge in [-0.3, -0.25) is 0 Å². The molecule has 0 aliphatic rings. The van der Waals surface area contributed by atoms with Crippen molar-refractivity contribution in [2.45, 2.75) is 26.4 Å². The standard InChI is InChI=1S/C14H17ClFN3/c1-3-17-13(14-18-7-8-19(14)4-2)11-6-5-10(16)9-12(11)15/h5-9,13,17H,3-4H2,1-2H3. The molecular formula is C14H17ClFN3. The molecule has 2 aromatic rings. The van der Waals surface area contributed by atoms with Gasteiger partial charge in [-0.05, 0) is 31.2 Å². The molecule has 1 atom stereocenters. The Bertz CT molecular complexity index is 553. The van der Waals surface area contributed by atoms with Crippen molar-refractivity contribution in [3.8, 4) is 0 Å². The molecule has 2 rings (SSSR count). The molecule has 0 spiro atoms. The van der Waals surface area contributed by atoms with Gasteiger partial charge in [0.25, 0.3) is 0 Å². The molecule has 0 saturated carbocycles. The van der Waals surface area contributed by atoms with Gasteiger partial charge in [0.05, 0.1) is 6.04 Å². The minimum Gasteiger partial charge on any atom is -0.334 e. The lowest BCUT2D eigenvalue weighted by molar-refractivity contribution is 0.557. The van der Waals surface area contributed by atoms with Gasteiger partial charge in [-0.25, -0.2) is 9.37 Å². The zero-order valence-corrected chi connectivity index (χ0v) is 11.8. The Morgan fingerprint density at radius 1 is 1.42 bits per heavy atom. The molecule has 1 N–H and O–H groups in total. The van der Waals surface area contributed by atoms with Crippen LogP contribution in [0.1, 0.15) is 31.3 Å². The molecule has 0 fully saturated rings. The van der Waals surface area contributed by atoms with E-state index in [-0.39, 0.29) is 11.9 Å². The van der Waals surface area contributed by atoms with E-state index in [2.05, 4.69) is 17.2 Å². The van der Waals surface area contributed by atoms with Crippen LogP contribution in [0.15, 0.2) is 30.6 Å². The summed E-state index contributed by atoms with van der Waals surface area (Å²) in [5, 5.41) is 3.76. The highest BCUT2D eigenvalue weighted by atomic mass is 35.5.